The molecule has 0 atom stereocenters. The minimum Gasteiger partial charge on any atom is -0.308 e. The van der Waals surface area contributed by atoms with Gasteiger partial charge in [0.25, 0.3) is 0 Å². The first-order valence-electron chi connectivity index (χ1n) is 4.83. The van der Waals surface area contributed by atoms with Crippen molar-refractivity contribution in [3.8, 4) is 0 Å². The van der Waals surface area contributed by atoms with Crippen LogP contribution in [-0.4, -0.2) is 14.8 Å². The van der Waals surface area contributed by atoms with Gasteiger partial charge in [0, 0.05) is 42.5 Å². The SMILES string of the molecule is Cc1c(CNCc2cncs2)cnn1C. The van der Waals surface area contributed by atoms with E-state index in [2.05, 4.69) is 22.3 Å². The third-order valence-electron chi connectivity index (χ3n) is 2.44. The Labute approximate surface area is 93.0 Å². The number of hydrogen-bond acceptors (Lipinski definition) is 4. The third-order valence-corrected chi connectivity index (χ3v) is 3.21. The summed E-state index contributed by atoms with van der Waals surface area (Å²) in [5.74, 6) is 0. The van der Waals surface area contributed by atoms with E-state index in [0.717, 1.165) is 13.1 Å². The lowest BCUT2D eigenvalue weighted by molar-refractivity contribution is 0.690. The summed E-state index contributed by atoms with van der Waals surface area (Å²) in [5, 5.41) is 7.57. The van der Waals surface area contributed by atoms with Crippen molar-refractivity contribution in [3.63, 3.8) is 0 Å². The van der Waals surface area contributed by atoms with Crippen molar-refractivity contribution in [2.45, 2.75) is 20.0 Å². The maximum absolute atomic E-state index is 4.20. The third kappa shape index (κ3) is 2.43. The van der Waals surface area contributed by atoms with Gasteiger partial charge in [-0.05, 0) is 6.92 Å². The molecule has 0 radical (unpaired) electrons. The second-order valence-electron chi connectivity index (χ2n) is 3.45. The van der Waals surface area contributed by atoms with Crippen molar-refractivity contribution in [2.75, 3.05) is 0 Å². The molecule has 0 fully saturated rings. The lowest BCUT2D eigenvalue weighted by atomic mass is 10.2. The van der Waals surface area contributed by atoms with Crippen LogP contribution in [-0.2, 0) is 20.1 Å². The highest BCUT2D eigenvalue weighted by Crippen LogP contribution is 2.07. The molecule has 1 N–H and O–H groups in total. The van der Waals surface area contributed by atoms with E-state index in [1.165, 1.54) is 16.1 Å². The molecule has 0 unspecified atom stereocenters. The number of aromatic nitrogens is 3. The van der Waals surface area contributed by atoms with Crippen LogP contribution in [0.2, 0.25) is 0 Å². The molecule has 5 heteroatoms. The Kier molecular flexibility index (Phi) is 3.13. The van der Waals surface area contributed by atoms with Crippen molar-refractivity contribution in [3.05, 3.63) is 34.0 Å². The maximum Gasteiger partial charge on any atom is 0.0794 e. The van der Waals surface area contributed by atoms with Gasteiger partial charge in [-0.1, -0.05) is 0 Å². The Morgan fingerprint density at radius 2 is 2.27 bits per heavy atom. The molecule has 0 aliphatic heterocycles. The van der Waals surface area contributed by atoms with E-state index >= 15 is 0 Å². The van der Waals surface area contributed by atoms with E-state index in [1.54, 1.807) is 11.3 Å². The first-order chi connectivity index (χ1) is 7.27. The van der Waals surface area contributed by atoms with Crippen molar-refractivity contribution in [2.24, 2.45) is 7.05 Å². The van der Waals surface area contributed by atoms with Gasteiger partial charge in [-0.15, -0.1) is 11.3 Å². The lowest BCUT2D eigenvalue weighted by Gasteiger charge is -2.02. The molecular formula is C10H14N4S. The summed E-state index contributed by atoms with van der Waals surface area (Å²) in [6.07, 6.45) is 3.81. The molecule has 2 aromatic heterocycles. The summed E-state index contributed by atoms with van der Waals surface area (Å²) < 4.78 is 1.89. The number of rotatable bonds is 4. The Morgan fingerprint density at radius 1 is 1.40 bits per heavy atom. The zero-order valence-corrected chi connectivity index (χ0v) is 9.71. The lowest BCUT2D eigenvalue weighted by Crippen LogP contribution is -2.12. The smallest absolute Gasteiger partial charge is 0.0794 e. The second kappa shape index (κ2) is 4.55. The van der Waals surface area contributed by atoms with E-state index in [1.807, 2.05) is 29.6 Å². The van der Waals surface area contributed by atoms with Crippen LogP contribution in [0.1, 0.15) is 16.1 Å². The molecule has 0 bridgehead atoms. The van der Waals surface area contributed by atoms with Gasteiger partial charge in [-0.25, -0.2) is 0 Å². The summed E-state index contributed by atoms with van der Waals surface area (Å²) in [4.78, 5) is 5.29. The Hall–Kier alpha value is -1.20. The molecule has 0 aliphatic carbocycles. The fourth-order valence-corrected chi connectivity index (χ4v) is 1.93. The highest BCUT2D eigenvalue weighted by atomic mass is 32.1. The van der Waals surface area contributed by atoms with Crippen LogP contribution in [0.3, 0.4) is 0 Å². The molecule has 0 saturated carbocycles. The van der Waals surface area contributed by atoms with E-state index in [9.17, 15) is 0 Å². The monoisotopic (exact) mass is 222 g/mol. The van der Waals surface area contributed by atoms with Crippen LogP contribution in [0.15, 0.2) is 17.9 Å². The predicted molar refractivity (Wildman–Crippen MR) is 60.6 cm³/mol. The van der Waals surface area contributed by atoms with Gasteiger partial charge in [-0.3, -0.25) is 9.67 Å². The number of hydrogen-bond donors (Lipinski definition) is 1. The van der Waals surface area contributed by atoms with Crippen molar-refractivity contribution >= 4 is 11.3 Å². The van der Waals surface area contributed by atoms with Crippen LogP contribution in [0.25, 0.3) is 0 Å². The molecular weight excluding hydrogens is 208 g/mol. The Bertz CT molecular complexity index is 419. The molecule has 15 heavy (non-hydrogen) atoms. The quantitative estimate of drug-likeness (QED) is 0.852. The largest absolute Gasteiger partial charge is 0.308 e. The zero-order valence-electron chi connectivity index (χ0n) is 8.90. The van der Waals surface area contributed by atoms with E-state index in [0.29, 0.717) is 0 Å². The van der Waals surface area contributed by atoms with Crippen LogP contribution in [0.4, 0.5) is 0 Å². The zero-order chi connectivity index (χ0) is 10.7. The highest BCUT2D eigenvalue weighted by Gasteiger charge is 2.02. The fourth-order valence-electron chi connectivity index (χ4n) is 1.37. The predicted octanol–water partition coefficient (Wildman–Crippen LogP) is 1.47. The molecule has 0 saturated heterocycles. The number of thiazole rings is 1. The van der Waals surface area contributed by atoms with Crippen molar-refractivity contribution < 1.29 is 0 Å². The summed E-state index contributed by atoms with van der Waals surface area (Å²) >= 11 is 1.67. The summed E-state index contributed by atoms with van der Waals surface area (Å²) in [5.41, 5.74) is 4.32. The average Bonchev–Trinajstić information content (AvgIpc) is 2.83. The van der Waals surface area contributed by atoms with Crippen LogP contribution in [0, 0.1) is 6.92 Å². The van der Waals surface area contributed by atoms with Crippen molar-refractivity contribution in [1.82, 2.24) is 20.1 Å². The van der Waals surface area contributed by atoms with Crippen LogP contribution >= 0.6 is 11.3 Å². The fraction of sp³-hybridized carbons (Fsp3) is 0.400. The molecule has 0 aromatic carbocycles. The standard InChI is InChI=1S/C10H14N4S/c1-8-9(4-13-14(8)2)3-11-5-10-6-12-7-15-10/h4,6-7,11H,3,5H2,1-2H3. The first kappa shape index (κ1) is 10.3. The van der Waals surface area contributed by atoms with Gasteiger partial charge in [0.1, 0.15) is 0 Å². The molecule has 4 nitrogen and oxygen atoms in total. The van der Waals surface area contributed by atoms with Gasteiger partial charge in [-0.2, -0.15) is 5.10 Å². The summed E-state index contributed by atoms with van der Waals surface area (Å²) in [6.45, 7) is 3.81. The second-order valence-corrected chi connectivity index (χ2v) is 4.42. The molecule has 80 valence electrons. The molecule has 0 amide bonds. The highest BCUT2D eigenvalue weighted by molar-refractivity contribution is 7.09. The van der Waals surface area contributed by atoms with Gasteiger partial charge >= 0.3 is 0 Å². The summed E-state index contributed by atoms with van der Waals surface area (Å²) in [6, 6.07) is 0. The van der Waals surface area contributed by atoms with Gasteiger partial charge in [0.2, 0.25) is 0 Å². The molecule has 2 heterocycles. The minimum atomic E-state index is 0.859. The minimum absolute atomic E-state index is 0.859. The Balaban J connectivity index is 1.86. The molecule has 2 rings (SSSR count). The topological polar surface area (TPSA) is 42.7 Å². The van der Waals surface area contributed by atoms with Gasteiger partial charge < -0.3 is 5.32 Å². The maximum atomic E-state index is 4.20. The number of nitrogens with one attached hydrogen (secondary N) is 1. The van der Waals surface area contributed by atoms with Crippen LogP contribution < -0.4 is 5.32 Å². The molecule has 2 aromatic rings. The Morgan fingerprint density at radius 3 is 2.87 bits per heavy atom. The average molecular weight is 222 g/mol. The van der Waals surface area contributed by atoms with E-state index in [4.69, 9.17) is 0 Å². The number of aryl methyl sites for hydroxylation is 1. The van der Waals surface area contributed by atoms with Crippen LogP contribution in [0.5, 0.6) is 0 Å². The summed E-state index contributed by atoms with van der Waals surface area (Å²) in [7, 11) is 1.96. The molecule has 0 spiro atoms. The van der Waals surface area contributed by atoms with Crippen molar-refractivity contribution in [1.29, 1.82) is 0 Å². The van der Waals surface area contributed by atoms with E-state index in [-0.39, 0.29) is 0 Å². The normalized spacial score (nSPS) is 10.8. The molecule has 0 aliphatic rings. The van der Waals surface area contributed by atoms with E-state index < -0.39 is 0 Å². The van der Waals surface area contributed by atoms with Gasteiger partial charge in [0.15, 0.2) is 0 Å². The van der Waals surface area contributed by atoms with Gasteiger partial charge in [0.05, 0.1) is 11.7 Å². The first-order valence-corrected chi connectivity index (χ1v) is 5.71. The number of nitrogens with zero attached hydrogens (tertiary/aromatic N) is 3.